The number of carbonyl (C=O) groups excluding carboxylic acids is 1. The Morgan fingerprint density at radius 1 is 1.22 bits per heavy atom. The largest absolute Gasteiger partial charge is 0.384 e. The quantitative estimate of drug-likeness (QED) is 0.418. The average molecular weight is 557 g/mol. The van der Waals surface area contributed by atoms with E-state index < -0.39 is 34.6 Å². The number of nitrogens with two attached hydrogens (primary N) is 1. The minimum atomic E-state index is -1.30. The van der Waals surface area contributed by atoms with Gasteiger partial charge in [-0.05, 0) is 59.8 Å². The third kappa shape index (κ3) is 4.26. The molecule has 2 heterocycles. The monoisotopic (exact) mass is 557 g/mol. The van der Waals surface area contributed by atoms with Crippen molar-refractivity contribution in [2.24, 2.45) is 0 Å². The van der Waals surface area contributed by atoms with Crippen LogP contribution in [0.15, 0.2) is 36.4 Å². The molecule has 2 aromatic carbocycles. The maximum absolute atomic E-state index is 14.6. The van der Waals surface area contributed by atoms with Gasteiger partial charge in [0.05, 0.1) is 42.3 Å². The minimum absolute atomic E-state index is 0.0551. The van der Waals surface area contributed by atoms with E-state index in [9.17, 15) is 23.1 Å². The summed E-state index contributed by atoms with van der Waals surface area (Å²) in [7, 11) is 0. The lowest BCUT2D eigenvalue weighted by molar-refractivity contribution is -0.0924. The van der Waals surface area contributed by atoms with Gasteiger partial charge in [0.1, 0.15) is 17.2 Å². The summed E-state index contributed by atoms with van der Waals surface area (Å²) in [6, 6.07) is 7.79. The van der Waals surface area contributed by atoms with Gasteiger partial charge in [-0.25, -0.2) is 17.9 Å². The van der Waals surface area contributed by atoms with Crippen molar-refractivity contribution in [3.05, 3.63) is 68.7 Å². The van der Waals surface area contributed by atoms with Crippen LogP contribution in [0.5, 0.6) is 0 Å². The van der Waals surface area contributed by atoms with Crippen molar-refractivity contribution >= 4 is 45.7 Å². The number of hydrogen-bond acceptors (Lipinski definition) is 5. The number of halogens is 4. The molecule has 3 aromatic rings. The Balaban J connectivity index is 1.55. The Bertz CT molecular complexity index is 1210. The number of aryl methyl sites for hydroxylation is 1. The molecule has 11 heteroatoms. The van der Waals surface area contributed by atoms with Crippen molar-refractivity contribution < 1.29 is 23.1 Å². The fourth-order valence-corrected chi connectivity index (χ4v) is 4.08. The van der Waals surface area contributed by atoms with Crippen LogP contribution in [0.2, 0.25) is 0 Å². The first kappa shape index (κ1) is 22.4. The van der Waals surface area contributed by atoms with E-state index in [1.54, 1.807) is 19.1 Å². The molecular formula is C21H19F3IN5O2. The summed E-state index contributed by atoms with van der Waals surface area (Å²) in [5.41, 5.74) is 4.52. The van der Waals surface area contributed by atoms with E-state index in [1.165, 1.54) is 21.7 Å². The average Bonchev–Trinajstić information content (AvgIpc) is 3.01. The van der Waals surface area contributed by atoms with E-state index in [-0.39, 0.29) is 30.9 Å². The molecule has 1 aliphatic rings. The molecule has 1 amide bonds. The van der Waals surface area contributed by atoms with Gasteiger partial charge in [0.15, 0.2) is 11.6 Å². The molecule has 1 aliphatic heterocycles. The third-order valence-electron chi connectivity index (χ3n) is 5.15. The highest BCUT2D eigenvalue weighted by Crippen LogP contribution is 2.32. The first-order valence-corrected chi connectivity index (χ1v) is 10.7. The number of nitrogens with zero attached hydrogens (tertiary/aromatic N) is 3. The molecule has 0 unspecified atom stereocenters. The van der Waals surface area contributed by atoms with Gasteiger partial charge in [0.25, 0.3) is 5.91 Å². The number of rotatable bonds is 5. The lowest BCUT2D eigenvalue weighted by Gasteiger charge is -2.46. The summed E-state index contributed by atoms with van der Waals surface area (Å²) in [5, 5.41) is 17.4. The summed E-state index contributed by atoms with van der Waals surface area (Å²) >= 11 is 1.92. The molecule has 0 spiro atoms. The fraction of sp³-hybridized carbons (Fsp3) is 0.238. The van der Waals surface area contributed by atoms with Crippen LogP contribution in [0, 0.1) is 27.9 Å². The normalized spacial score (nSPS) is 14.9. The van der Waals surface area contributed by atoms with Gasteiger partial charge in [-0.1, -0.05) is 0 Å². The highest BCUT2D eigenvalue weighted by atomic mass is 127. The van der Waals surface area contributed by atoms with Crippen LogP contribution in [0.1, 0.15) is 16.1 Å². The Hall–Kier alpha value is -2.80. The van der Waals surface area contributed by atoms with Gasteiger partial charge >= 0.3 is 0 Å². The Kier molecular flexibility index (Phi) is 5.79. The molecule has 7 nitrogen and oxygen atoms in total. The molecule has 0 aliphatic carbocycles. The van der Waals surface area contributed by atoms with Crippen LogP contribution in [-0.2, 0) is 6.54 Å². The Labute approximate surface area is 195 Å². The van der Waals surface area contributed by atoms with E-state index in [4.69, 9.17) is 5.73 Å². The maximum Gasteiger partial charge on any atom is 0.256 e. The number of aromatic nitrogens is 2. The van der Waals surface area contributed by atoms with Gasteiger partial charge in [-0.2, -0.15) is 5.10 Å². The number of benzene rings is 2. The summed E-state index contributed by atoms with van der Waals surface area (Å²) in [4.78, 5) is 14.3. The molecule has 0 atom stereocenters. The van der Waals surface area contributed by atoms with Crippen molar-refractivity contribution in [2.45, 2.75) is 19.1 Å². The zero-order valence-electron chi connectivity index (χ0n) is 16.9. The van der Waals surface area contributed by atoms with E-state index in [1.807, 2.05) is 22.6 Å². The lowest BCUT2D eigenvalue weighted by atomic mass is 9.93. The zero-order valence-corrected chi connectivity index (χ0v) is 19.0. The molecule has 1 aromatic heterocycles. The number of amides is 1. The van der Waals surface area contributed by atoms with Crippen LogP contribution in [0.4, 0.5) is 30.4 Å². The van der Waals surface area contributed by atoms with E-state index in [0.29, 0.717) is 15.1 Å². The van der Waals surface area contributed by atoms with Crippen LogP contribution in [0.25, 0.3) is 0 Å². The first-order valence-electron chi connectivity index (χ1n) is 9.58. The van der Waals surface area contributed by atoms with Gasteiger partial charge in [-0.15, -0.1) is 0 Å². The molecule has 0 radical (unpaired) electrons. The van der Waals surface area contributed by atoms with Gasteiger partial charge in [-0.3, -0.25) is 4.79 Å². The molecule has 1 saturated heterocycles. The highest BCUT2D eigenvalue weighted by molar-refractivity contribution is 14.1. The number of nitrogen functional groups attached to an aromatic ring is 1. The van der Waals surface area contributed by atoms with Crippen LogP contribution >= 0.6 is 22.6 Å². The first-order chi connectivity index (χ1) is 15.1. The van der Waals surface area contributed by atoms with E-state index in [2.05, 4.69) is 10.4 Å². The number of anilines is 3. The van der Waals surface area contributed by atoms with Crippen molar-refractivity contribution in [3.63, 3.8) is 0 Å². The number of hydrogen-bond donors (Lipinski definition) is 3. The number of aliphatic hydroxyl groups is 1. The molecule has 32 heavy (non-hydrogen) atoms. The predicted molar refractivity (Wildman–Crippen MR) is 121 cm³/mol. The summed E-state index contributed by atoms with van der Waals surface area (Å²) in [5.74, 6) is -3.41. The summed E-state index contributed by atoms with van der Waals surface area (Å²) in [6.45, 7) is 1.73. The molecule has 168 valence electrons. The van der Waals surface area contributed by atoms with Crippen molar-refractivity contribution in [3.8, 4) is 0 Å². The van der Waals surface area contributed by atoms with Gasteiger partial charge < -0.3 is 21.1 Å². The fourth-order valence-electron chi connectivity index (χ4n) is 3.63. The van der Waals surface area contributed by atoms with Crippen LogP contribution < -0.4 is 11.1 Å². The topological polar surface area (TPSA) is 96.4 Å². The summed E-state index contributed by atoms with van der Waals surface area (Å²) < 4.78 is 44.8. The maximum atomic E-state index is 14.6. The minimum Gasteiger partial charge on any atom is -0.384 e. The van der Waals surface area contributed by atoms with E-state index >= 15 is 0 Å². The molecule has 0 saturated carbocycles. The predicted octanol–water partition coefficient (Wildman–Crippen LogP) is 3.43. The van der Waals surface area contributed by atoms with Crippen molar-refractivity contribution in [1.29, 1.82) is 0 Å². The second kappa shape index (κ2) is 8.28. The second-order valence-electron chi connectivity index (χ2n) is 7.79. The SMILES string of the molecule is Cc1cc(N)n(CC2(O)CN(C(=O)c3ccc(F)c(F)c3Nc3ccc(I)cc3F)C2)n1. The van der Waals surface area contributed by atoms with Crippen molar-refractivity contribution in [2.75, 3.05) is 24.1 Å². The van der Waals surface area contributed by atoms with Gasteiger partial charge in [0.2, 0.25) is 0 Å². The highest BCUT2D eigenvalue weighted by Gasteiger charge is 2.45. The Morgan fingerprint density at radius 3 is 2.56 bits per heavy atom. The number of nitrogens with one attached hydrogen (secondary N) is 1. The van der Waals surface area contributed by atoms with E-state index in [0.717, 1.165) is 12.1 Å². The Morgan fingerprint density at radius 2 is 1.94 bits per heavy atom. The zero-order chi connectivity index (χ0) is 23.2. The molecular weight excluding hydrogens is 538 g/mol. The number of β-amino-alcohol motifs (C(OH)–C–C–N with tert-alkyl or cyclic N) is 1. The molecule has 4 rings (SSSR count). The molecule has 1 fully saturated rings. The van der Waals surface area contributed by atoms with Crippen LogP contribution in [0.3, 0.4) is 0 Å². The lowest BCUT2D eigenvalue weighted by Crippen LogP contribution is -2.65. The van der Waals surface area contributed by atoms with Crippen molar-refractivity contribution in [1.82, 2.24) is 14.7 Å². The van der Waals surface area contributed by atoms with Gasteiger partial charge in [0, 0.05) is 9.64 Å². The second-order valence-corrected chi connectivity index (χ2v) is 9.03. The molecule has 4 N–H and O–H groups in total. The van der Waals surface area contributed by atoms with Crippen LogP contribution in [-0.4, -0.2) is 44.4 Å². The number of likely N-dealkylation sites (tertiary alicyclic amines) is 1. The third-order valence-corrected chi connectivity index (χ3v) is 5.82. The smallest absolute Gasteiger partial charge is 0.256 e. The standard InChI is InChI=1S/C21H19F3IN5O2/c1-11-6-17(26)30(28-11)10-21(32)8-29(9-21)20(31)13-3-4-14(22)18(24)19(13)27-16-5-2-12(25)7-15(16)23/h2-7,27,32H,8-10,26H2,1H3. The summed E-state index contributed by atoms with van der Waals surface area (Å²) in [6.07, 6.45) is 0. The number of carbonyl (C=O) groups is 1. The molecule has 0 bridgehead atoms.